The predicted molar refractivity (Wildman–Crippen MR) is 146 cm³/mol. The summed E-state index contributed by atoms with van der Waals surface area (Å²) in [6, 6.07) is 21.3. The van der Waals surface area contributed by atoms with Crippen molar-refractivity contribution in [3.05, 3.63) is 90.8 Å². The molecule has 3 aromatic carbocycles. The number of anilines is 1. The van der Waals surface area contributed by atoms with E-state index in [-0.39, 0.29) is 5.91 Å². The molecule has 0 unspecified atom stereocenters. The summed E-state index contributed by atoms with van der Waals surface area (Å²) in [7, 11) is 1.60. The molecular formula is C24H17BrINO3S2. The molecule has 162 valence electrons. The number of halogens is 2. The van der Waals surface area contributed by atoms with Gasteiger partial charge in [0.2, 0.25) is 0 Å². The molecule has 0 atom stereocenters. The Morgan fingerprint density at radius 2 is 1.88 bits per heavy atom. The van der Waals surface area contributed by atoms with E-state index in [2.05, 4.69) is 38.5 Å². The van der Waals surface area contributed by atoms with Gasteiger partial charge in [-0.1, -0.05) is 64.2 Å². The van der Waals surface area contributed by atoms with Crippen LogP contribution in [0.1, 0.15) is 11.1 Å². The third-order valence-corrected chi connectivity index (χ3v) is 7.17. The second-order valence-corrected chi connectivity index (χ2v) is 10.7. The van der Waals surface area contributed by atoms with Gasteiger partial charge in [0, 0.05) is 8.04 Å². The number of hydrogen-bond acceptors (Lipinski definition) is 5. The first-order chi connectivity index (χ1) is 15.4. The standard InChI is InChI=1S/C24H17BrINO3S2/c1-29-21-11-16(7-10-20(21)30-14-15-5-8-18(26)9-6-15)12-22-23(28)27(24(31)32-22)19-4-2-3-17(25)13-19/h2-13H,14H2,1H3/b22-12-. The van der Waals surface area contributed by atoms with E-state index in [1.807, 2.05) is 72.8 Å². The molecule has 0 radical (unpaired) electrons. The minimum atomic E-state index is -0.142. The SMILES string of the molecule is COc1cc(/C=C2\SC(=S)N(c3cccc(Br)c3)C2=O)ccc1OCc1ccc(I)cc1. The van der Waals surface area contributed by atoms with E-state index in [4.69, 9.17) is 21.7 Å². The number of thioether (sulfide) groups is 1. The van der Waals surface area contributed by atoms with Crippen molar-refractivity contribution in [1.82, 2.24) is 0 Å². The number of hydrogen-bond donors (Lipinski definition) is 0. The lowest BCUT2D eigenvalue weighted by molar-refractivity contribution is -0.113. The third-order valence-electron chi connectivity index (χ3n) is 4.65. The maximum atomic E-state index is 13.0. The van der Waals surface area contributed by atoms with Crippen molar-refractivity contribution >= 4 is 84.5 Å². The Morgan fingerprint density at radius 3 is 2.59 bits per heavy atom. The van der Waals surface area contributed by atoms with Crippen molar-refractivity contribution in [2.75, 3.05) is 12.0 Å². The van der Waals surface area contributed by atoms with E-state index in [9.17, 15) is 4.79 Å². The smallest absolute Gasteiger partial charge is 0.270 e. The van der Waals surface area contributed by atoms with Crippen LogP contribution in [0.15, 0.2) is 76.1 Å². The predicted octanol–water partition coefficient (Wildman–Crippen LogP) is 7.05. The number of methoxy groups -OCH3 is 1. The Kier molecular flexibility index (Phi) is 7.55. The van der Waals surface area contributed by atoms with Crippen LogP contribution in [0.5, 0.6) is 11.5 Å². The molecule has 0 aromatic heterocycles. The molecular weight excluding hydrogens is 621 g/mol. The zero-order valence-corrected chi connectivity index (χ0v) is 22.3. The Labute approximate surface area is 218 Å². The lowest BCUT2D eigenvalue weighted by Crippen LogP contribution is -2.27. The van der Waals surface area contributed by atoms with Crippen LogP contribution in [0.2, 0.25) is 0 Å². The van der Waals surface area contributed by atoms with E-state index in [0.717, 1.165) is 21.3 Å². The summed E-state index contributed by atoms with van der Waals surface area (Å²) >= 11 is 12.5. The Bertz CT molecular complexity index is 1210. The van der Waals surface area contributed by atoms with E-state index >= 15 is 0 Å². The van der Waals surface area contributed by atoms with E-state index < -0.39 is 0 Å². The van der Waals surface area contributed by atoms with Gasteiger partial charge in [-0.3, -0.25) is 9.69 Å². The van der Waals surface area contributed by atoms with Crippen LogP contribution in [0, 0.1) is 3.57 Å². The van der Waals surface area contributed by atoms with Gasteiger partial charge in [-0.2, -0.15) is 0 Å². The fraction of sp³-hybridized carbons (Fsp3) is 0.0833. The molecule has 8 heteroatoms. The van der Waals surface area contributed by atoms with Gasteiger partial charge in [0.05, 0.1) is 17.7 Å². The molecule has 1 fully saturated rings. The highest BCUT2D eigenvalue weighted by Gasteiger charge is 2.33. The summed E-state index contributed by atoms with van der Waals surface area (Å²) in [5, 5.41) is 0. The van der Waals surface area contributed by atoms with Crippen LogP contribution in [-0.4, -0.2) is 17.3 Å². The second kappa shape index (κ2) is 10.4. The lowest BCUT2D eigenvalue weighted by Gasteiger charge is -2.14. The Hall–Kier alpha value is -1.88. The van der Waals surface area contributed by atoms with Crippen molar-refractivity contribution in [2.24, 2.45) is 0 Å². The molecule has 0 saturated carbocycles. The Balaban J connectivity index is 1.53. The van der Waals surface area contributed by atoms with Crippen molar-refractivity contribution in [1.29, 1.82) is 0 Å². The van der Waals surface area contributed by atoms with Crippen LogP contribution in [-0.2, 0) is 11.4 Å². The summed E-state index contributed by atoms with van der Waals surface area (Å²) < 4.78 is 14.0. The quantitative estimate of drug-likeness (QED) is 0.165. The van der Waals surface area contributed by atoms with Gasteiger partial charge < -0.3 is 9.47 Å². The van der Waals surface area contributed by atoms with Crippen molar-refractivity contribution in [3.8, 4) is 11.5 Å². The second-order valence-electron chi connectivity index (χ2n) is 6.82. The summed E-state index contributed by atoms with van der Waals surface area (Å²) in [4.78, 5) is 15.1. The highest BCUT2D eigenvalue weighted by Crippen LogP contribution is 2.38. The Morgan fingerprint density at radius 1 is 1.09 bits per heavy atom. The molecule has 32 heavy (non-hydrogen) atoms. The largest absolute Gasteiger partial charge is 0.493 e. The van der Waals surface area contributed by atoms with Crippen molar-refractivity contribution < 1.29 is 14.3 Å². The lowest BCUT2D eigenvalue weighted by atomic mass is 10.1. The van der Waals surface area contributed by atoms with Gasteiger partial charge in [-0.15, -0.1) is 0 Å². The minimum absolute atomic E-state index is 0.142. The highest BCUT2D eigenvalue weighted by atomic mass is 127. The zero-order valence-electron chi connectivity index (χ0n) is 16.9. The van der Waals surface area contributed by atoms with E-state index in [0.29, 0.717) is 27.3 Å². The molecule has 0 N–H and O–H groups in total. The number of thiocarbonyl (C=S) groups is 1. The maximum absolute atomic E-state index is 13.0. The molecule has 4 rings (SSSR count). The first-order valence-electron chi connectivity index (χ1n) is 9.53. The summed E-state index contributed by atoms with van der Waals surface area (Å²) in [6.07, 6.45) is 1.82. The molecule has 0 spiro atoms. The summed E-state index contributed by atoms with van der Waals surface area (Å²) in [5.41, 5.74) is 2.65. The number of carbonyl (C=O) groups excluding carboxylic acids is 1. The van der Waals surface area contributed by atoms with E-state index in [1.54, 1.807) is 12.0 Å². The number of amides is 1. The first kappa shape index (κ1) is 23.3. The molecule has 1 saturated heterocycles. The molecule has 0 aliphatic carbocycles. The van der Waals surface area contributed by atoms with Crippen LogP contribution in [0.3, 0.4) is 0 Å². The first-order valence-corrected chi connectivity index (χ1v) is 12.6. The molecule has 1 aliphatic rings. The maximum Gasteiger partial charge on any atom is 0.270 e. The van der Waals surface area contributed by atoms with Gasteiger partial charge in [-0.05, 0) is 82.3 Å². The number of benzene rings is 3. The van der Waals surface area contributed by atoms with Crippen LogP contribution < -0.4 is 14.4 Å². The summed E-state index contributed by atoms with van der Waals surface area (Å²) in [6.45, 7) is 0.442. The third kappa shape index (κ3) is 5.36. The fourth-order valence-corrected chi connectivity index (χ4v) is 5.14. The molecule has 0 bridgehead atoms. The molecule has 4 nitrogen and oxygen atoms in total. The van der Waals surface area contributed by atoms with Gasteiger partial charge in [0.25, 0.3) is 5.91 Å². The van der Waals surface area contributed by atoms with Crippen molar-refractivity contribution in [3.63, 3.8) is 0 Å². The number of rotatable bonds is 6. The minimum Gasteiger partial charge on any atom is -0.493 e. The van der Waals surface area contributed by atoms with Crippen molar-refractivity contribution in [2.45, 2.75) is 6.61 Å². The monoisotopic (exact) mass is 637 g/mol. The normalized spacial score (nSPS) is 14.8. The number of ether oxygens (including phenoxy) is 2. The van der Waals surface area contributed by atoms with Crippen LogP contribution in [0.25, 0.3) is 6.08 Å². The highest BCUT2D eigenvalue weighted by molar-refractivity contribution is 14.1. The molecule has 3 aromatic rings. The summed E-state index contributed by atoms with van der Waals surface area (Å²) in [5.74, 6) is 1.10. The van der Waals surface area contributed by atoms with Gasteiger partial charge in [0.15, 0.2) is 15.8 Å². The van der Waals surface area contributed by atoms with Gasteiger partial charge in [-0.25, -0.2) is 0 Å². The van der Waals surface area contributed by atoms with Gasteiger partial charge >= 0.3 is 0 Å². The molecule has 1 heterocycles. The average Bonchev–Trinajstić information content (AvgIpc) is 3.06. The average molecular weight is 638 g/mol. The topological polar surface area (TPSA) is 38.8 Å². The zero-order chi connectivity index (χ0) is 22.7. The number of carbonyl (C=O) groups is 1. The number of nitrogens with zero attached hydrogens (tertiary/aromatic N) is 1. The van der Waals surface area contributed by atoms with E-state index in [1.165, 1.54) is 15.3 Å². The molecule has 1 aliphatic heterocycles. The van der Waals surface area contributed by atoms with Gasteiger partial charge in [0.1, 0.15) is 6.61 Å². The molecule has 1 amide bonds. The van der Waals surface area contributed by atoms with Crippen LogP contribution in [0.4, 0.5) is 5.69 Å². The fourth-order valence-electron chi connectivity index (χ4n) is 3.09. The van der Waals surface area contributed by atoms with Crippen LogP contribution >= 0.6 is 62.5 Å².